The minimum absolute atomic E-state index is 0.127. The van der Waals surface area contributed by atoms with Gasteiger partial charge >= 0.3 is 0 Å². The second kappa shape index (κ2) is 7.36. The maximum atomic E-state index is 12.5. The highest BCUT2D eigenvalue weighted by Gasteiger charge is 2.24. The van der Waals surface area contributed by atoms with Crippen molar-refractivity contribution in [1.29, 1.82) is 0 Å². The van der Waals surface area contributed by atoms with Gasteiger partial charge in [-0.1, -0.05) is 18.5 Å². The Labute approximate surface area is 129 Å². The van der Waals surface area contributed by atoms with Crippen molar-refractivity contribution in [1.82, 2.24) is 10.1 Å². The molecular weight excluding hydrogens is 296 g/mol. The van der Waals surface area contributed by atoms with E-state index in [2.05, 4.69) is 12.1 Å². The maximum absolute atomic E-state index is 12.5. The fraction of sp³-hybridized carbons (Fsp3) is 0.714. The van der Waals surface area contributed by atoms with Gasteiger partial charge in [0, 0.05) is 23.9 Å². The summed E-state index contributed by atoms with van der Waals surface area (Å²) in [5, 5.41) is 4.60. The van der Waals surface area contributed by atoms with Crippen molar-refractivity contribution in [2.75, 3.05) is 18.8 Å². The average Bonchev–Trinajstić information content (AvgIpc) is 2.65. The highest BCUT2D eigenvalue weighted by molar-refractivity contribution is 7.99. The van der Waals surface area contributed by atoms with Crippen LogP contribution in [0.1, 0.15) is 37.4 Å². The third-order valence-corrected chi connectivity index (χ3v) is 5.13. The molecular formula is C14H21ClN2O2S. The number of likely N-dealkylation sites (tertiary alicyclic amines) is 1. The Morgan fingerprint density at radius 3 is 3.00 bits per heavy atom. The molecule has 1 aliphatic heterocycles. The molecule has 0 unspecified atom stereocenters. The highest BCUT2D eigenvalue weighted by Crippen LogP contribution is 2.24. The molecule has 0 spiro atoms. The van der Waals surface area contributed by atoms with Gasteiger partial charge in [0.05, 0.1) is 12.1 Å². The van der Waals surface area contributed by atoms with Gasteiger partial charge in [0.2, 0.25) is 11.1 Å². The van der Waals surface area contributed by atoms with E-state index in [-0.39, 0.29) is 17.5 Å². The zero-order chi connectivity index (χ0) is 14.5. The van der Waals surface area contributed by atoms with Gasteiger partial charge in [0.15, 0.2) is 0 Å². The first kappa shape index (κ1) is 15.7. The second-order valence-corrected chi connectivity index (χ2v) is 7.03. The maximum Gasteiger partial charge on any atom is 0.229 e. The molecule has 0 aliphatic carbocycles. The molecule has 20 heavy (non-hydrogen) atoms. The molecule has 1 fully saturated rings. The number of aromatic nitrogens is 1. The van der Waals surface area contributed by atoms with Gasteiger partial charge in [-0.25, -0.2) is 0 Å². The normalized spacial score (nSPS) is 19.9. The van der Waals surface area contributed by atoms with Crippen LogP contribution in [0.5, 0.6) is 0 Å². The van der Waals surface area contributed by atoms with E-state index in [9.17, 15) is 4.79 Å². The highest BCUT2D eigenvalue weighted by atomic mass is 35.5. The van der Waals surface area contributed by atoms with Crippen molar-refractivity contribution in [3.8, 4) is 0 Å². The molecule has 0 N–H and O–H groups in total. The van der Waals surface area contributed by atoms with Crippen LogP contribution in [0.3, 0.4) is 0 Å². The van der Waals surface area contributed by atoms with Crippen molar-refractivity contribution in [2.24, 2.45) is 0 Å². The number of hydrogen-bond acceptors (Lipinski definition) is 4. The number of hydrogen-bond donors (Lipinski definition) is 0. The second-order valence-electron chi connectivity index (χ2n) is 5.11. The number of carbonyl (C=O) groups is 1. The van der Waals surface area contributed by atoms with Crippen LogP contribution < -0.4 is 0 Å². The zero-order valence-electron chi connectivity index (χ0n) is 12.0. The van der Waals surface area contributed by atoms with Gasteiger partial charge in [0.25, 0.3) is 0 Å². The summed E-state index contributed by atoms with van der Waals surface area (Å²) in [6, 6.07) is 0. The van der Waals surface area contributed by atoms with Crippen molar-refractivity contribution >= 4 is 29.3 Å². The van der Waals surface area contributed by atoms with E-state index in [0.717, 1.165) is 30.8 Å². The summed E-state index contributed by atoms with van der Waals surface area (Å²) in [6.45, 7) is 5.68. The predicted octanol–water partition coefficient (Wildman–Crippen LogP) is 3.31. The van der Waals surface area contributed by atoms with Crippen LogP contribution in [0.4, 0.5) is 0 Å². The van der Waals surface area contributed by atoms with Gasteiger partial charge in [-0.05, 0) is 37.1 Å². The van der Waals surface area contributed by atoms with Gasteiger partial charge < -0.3 is 9.42 Å². The Morgan fingerprint density at radius 2 is 2.35 bits per heavy atom. The molecule has 1 atom stereocenters. The topological polar surface area (TPSA) is 46.3 Å². The summed E-state index contributed by atoms with van der Waals surface area (Å²) >= 11 is 7.88. The Bertz CT molecular complexity index is 445. The molecule has 0 radical (unpaired) electrons. The molecule has 4 nitrogen and oxygen atoms in total. The Hall–Kier alpha value is -0.680. The molecule has 1 aromatic rings. The van der Waals surface area contributed by atoms with Crippen molar-refractivity contribution < 1.29 is 9.32 Å². The summed E-state index contributed by atoms with van der Waals surface area (Å²) < 4.78 is 4.91. The van der Waals surface area contributed by atoms with E-state index in [1.807, 2.05) is 23.6 Å². The molecule has 0 bridgehead atoms. The molecule has 6 heteroatoms. The molecule has 2 heterocycles. The largest absolute Gasteiger partial charge is 0.344 e. The van der Waals surface area contributed by atoms with Crippen LogP contribution >= 0.6 is 23.4 Å². The zero-order valence-corrected chi connectivity index (χ0v) is 13.6. The van der Waals surface area contributed by atoms with E-state index in [1.54, 1.807) is 0 Å². The Kier molecular flexibility index (Phi) is 5.78. The summed E-state index contributed by atoms with van der Waals surface area (Å²) in [4.78, 5) is 14.4. The fourth-order valence-electron chi connectivity index (χ4n) is 2.52. The third kappa shape index (κ3) is 3.92. The molecule has 2 rings (SSSR count). The van der Waals surface area contributed by atoms with Crippen molar-refractivity contribution in [2.45, 2.75) is 44.8 Å². The first-order valence-electron chi connectivity index (χ1n) is 7.11. The van der Waals surface area contributed by atoms with Gasteiger partial charge in [-0.2, -0.15) is 11.8 Å². The summed E-state index contributed by atoms with van der Waals surface area (Å²) in [5.74, 6) is 1.23. The van der Waals surface area contributed by atoms with E-state index >= 15 is 0 Å². The van der Waals surface area contributed by atoms with Crippen molar-refractivity contribution in [3.05, 3.63) is 16.5 Å². The van der Waals surface area contributed by atoms with Crippen molar-refractivity contribution in [3.63, 3.8) is 0 Å². The van der Waals surface area contributed by atoms with E-state index in [1.165, 1.54) is 12.8 Å². The monoisotopic (exact) mass is 316 g/mol. The summed E-state index contributed by atoms with van der Waals surface area (Å²) in [6.07, 6.45) is 3.78. The molecule has 0 aromatic carbocycles. The third-order valence-electron chi connectivity index (χ3n) is 3.65. The van der Waals surface area contributed by atoms with E-state index < -0.39 is 0 Å². The number of halogens is 1. The van der Waals surface area contributed by atoms with Crippen LogP contribution in [-0.4, -0.2) is 40.1 Å². The lowest BCUT2D eigenvalue weighted by Crippen LogP contribution is -2.36. The number of thioether (sulfide) groups is 1. The number of amides is 1. The lowest BCUT2D eigenvalue weighted by molar-refractivity contribution is -0.130. The number of rotatable bonds is 4. The summed E-state index contributed by atoms with van der Waals surface area (Å²) in [7, 11) is 0. The smallest absolute Gasteiger partial charge is 0.229 e. The van der Waals surface area contributed by atoms with Crippen LogP contribution in [0, 0.1) is 6.92 Å². The standard InChI is InChI=1S/C14H21ClN2O2S/c1-3-20-11-6-4-5-7-17(9-11)13(18)8-12-10(2)16-19-14(12)15/h11H,3-9H2,1-2H3/t11-/m1/s1. The molecule has 1 aliphatic rings. The molecule has 1 amide bonds. The SMILES string of the molecule is CCS[C@@H]1CCCCN(C(=O)Cc2c(C)noc2Cl)C1. The minimum atomic E-state index is 0.127. The number of nitrogens with zero attached hydrogens (tertiary/aromatic N) is 2. The molecule has 1 saturated heterocycles. The molecule has 112 valence electrons. The van der Waals surface area contributed by atoms with Gasteiger partial charge in [-0.15, -0.1) is 0 Å². The lowest BCUT2D eigenvalue weighted by Gasteiger charge is -2.24. The lowest BCUT2D eigenvalue weighted by atomic mass is 10.1. The Morgan fingerprint density at radius 1 is 1.55 bits per heavy atom. The van der Waals surface area contributed by atoms with Gasteiger partial charge in [0.1, 0.15) is 0 Å². The van der Waals surface area contributed by atoms with Crippen LogP contribution in [0.2, 0.25) is 5.22 Å². The number of aryl methyl sites for hydroxylation is 1. The van der Waals surface area contributed by atoms with Crippen LogP contribution in [0.25, 0.3) is 0 Å². The minimum Gasteiger partial charge on any atom is -0.344 e. The Balaban J connectivity index is 2.00. The average molecular weight is 317 g/mol. The molecule has 1 aromatic heterocycles. The summed E-state index contributed by atoms with van der Waals surface area (Å²) in [5.41, 5.74) is 1.43. The number of carbonyl (C=O) groups excluding carboxylic acids is 1. The quantitative estimate of drug-likeness (QED) is 0.855. The molecule has 0 saturated carbocycles. The first-order valence-corrected chi connectivity index (χ1v) is 8.54. The van der Waals surface area contributed by atoms with Crippen LogP contribution in [0.15, 0.2) is 4.52 Å². The van der Waals surface area contributed by atoms with E-state index in [0.29, 0.717) is 10.9 Å². The first-order chi connectivity index (χ1) is 9.61. The van der Waals surface area contributed by atoms with E-state index in [4.69, 9.17) is 16.1 Å². The van der Waals surface area contributed by atoms with Gasteiger partial charge in [-0.3, -0.25) is 4.79 Å². The van der Waals surface area contributed by atoms with Crippen LogP contribution in [-0.2, 0) is 11.2 Å². The fourth-order valence-corrected chi connectivity index (χ4v) is 3.85. The predicted molar refractivity (Wildman–Crippen MR) is 82.3 cm³/mol.